The first-order chi connectivity index (χ1) is 18.9. The Kier molecular flexibility index (Phi) is 10.0. The molecule has 2 aromatic carbocycles. The van der Waals surface area contributed by atoms with Gasteiger partial charge in [0.25, 0.3) is 0 Å². The van der Waals surface area contributed by atoms with E-state index in [0.29, 0.717) is 18.3 Å². The average molecular weight is 549 g/mol. The summed E-state index contributed by atoms with van der Waals surface area (Å²) in [7, 11) is 8.10. The van der Waals surface area contributed by atoms with E-state index in [2.05, 4.69) is 54.8 Å². The molecule has 2 aromatic heterocycles. The molecule has 0 aliphatic carbocycles. The van der Waals surface area contributed by atoms with Gasteiger partial charge in [0.15, 0.2) is 5.13 Å². The molecule has 0 bridgehead atoms. The van der Waals surface area contributed by atoms with Crippen LogP contribution in [0.5, 0.6) is 5.75 Å². The molecule has 0 saturated carbocycles. The van der Waals surface area contributed by atoms with E-state index in [9.17, 15) is 4.79 Å². The van der Waals surface area contributed by atoms with Crippen LogP contribution in [0.25, 0.3) is 10.9 Å². The van der Waals surface area contributed by atoms with Gasteiger partial charge in [-0.05, 0) is 58.4 Å². The van der Waals surface area contributed by atoms with Gasteiger partial charge in [0.1, 0.15) is 17.9 Å². The van der Waals surface area contributed by atoms with Crippen molar-refractivity contribution in [3.8, 4) is 5.75 Å². The molecule has 0 saturated heterocycles. The minimum absolute atomic E-state index is 0.311. The minimum Gasteiger partial charge on any atom is -0.493 e. The molecule has 206 valence electrons. The summed E-state index contributed by atoms with van der Waals surface area (Å²) in [6.07, 6.45) is 5.06. The van der Waals surface area contributed by atoms with Crippen LogP contribution >= 0.6 is 11.3 Å². The number of urea groups is 1. The van der Waals surface area contributed by atoms with Crippen LogP contribution in [-0.4, -0.2) is 78.7 Å². The number of rotatable bonds is 13. The van der Waals surface area contributed by atoms with Crippen LogP contribution in [-0.2, 0) is 13.0 Å². The maximum atomic E-state index is 12.6. The summed E-state index contributed by atoms with van der Waals surface area (Å²) in [6.45, 7) is 3.05. The van der Waals surface area contributed by atoms with Crippen molar-refractivity contribution in [2.24, 2.45) is 0 Å². The van der Waals surface area contributed by atoms with Crippen molar-refractivity contribution in [3.63, 3.8) is 0 Å². The number of amides is 2. The molecule has 0 aliphatic heterocycles. The van der Waals surface area contributed by atoms with Crippen LogP contribution in [0.1, 0.15) is 16.9 Å². The van der Waals surface area contributed by atoms with E-state index < -0.39 is 0 Å². The van der Waals surface area contributed by atoms with Gasteiger partial charge in [0.05, 0.1) is 12.1 Å². The molecular formula is C28H36N8O2S. The van der Waals surface area contributed by atoms with E-state index in [1.165, 1.54) is 11.3 Å². The van der Waals surface area contributed by atoms with Crippen molar-refractivity contribution in [1.29, 1.82) is 0 Å². The Balaban J connectivity index is 1.27. The number of para-hydroxylation sites is 1. The largest absolute Gasteiger partial charge is 0.493 e. The average Bonchev–Trinajstić information content (AvgIpc) is 3.34. The summed E-state index contributed by atoms with van der Waals surface area (Å²) < 4.78 is 5.88. The van der Waals surface area contributed by atoms with Crippen LogP contribution in [0.3, 0.4) is 0 Å². The normalized spacial score (nSPS) is 11.2. The third-order valence-corrected chi connectivity index (χ3v) is 6.79. The van der Waals surface area contributed by atoms with E-state index >= 15 is 0 Å². The van der Waals surface area contributed by atoms with Gasteiger partial charge in [0.2, 0.25) is 0 Å². The Labute approximate surface area is 233 Å². The number of hydrogen-bond donors (Lipinski definition) is 3. The van der Waals surface area contributed by atoms with Gasteiger partial charge in [-0.1, -0.05) is 18.2 Å². The number of fused-ring (bicyclic) bond motifs is 1. The van der Waals surface area contributed by atoms with Crippen LogP contribution in [0.4, 0.5) is 21.4 Å². The first-order valence-electron chi connectivity index (χ1n) is 12.9. The SMILES string of the molecule is CN(C)CCCOc1ccc2c(NCCc3cnc(NC(=O)Nc4ccccc4CN(C)C)s3)ncnc2c1. The summed E-state index contributed by atoms with van der Waals surface area (Å²) in [5.74, 6) is 1.58. The molecular weight excluding hydrogens is 512 g/mol. The van der Waals surface area contributed by atoms with Crippen molar-refractivity contribution in [3.05, 3.63) is 65.4 Å². The number of nitrogens with zero attached hydrogens (tertiary/aromatic N) is 5. The summed E-state index contributed by atoms with van der Waals surface area (Å²) >= 11 is 1.45. The van der Waals surface area contributed by atoms with Crippen molar-refractivity contribution in [2.75, 3.05) is 63.8 Å². The topological polar surface area (TPSA) is 108 Å². The van der Waals surface area contributed by atoms with E-state index in [-0.39, 0.29) is 6.03 Å². The van der Waals surface area contributed by atoms with Gasteiger partial charge in [0, 0.05) is 54.3 Å². The summed E-state index contributed by atoms with van der Waals surface area (Å²) in [6, 6.07) is 13.4. The fourth-order valence-corrected chi connectivity index (χ4v) is 4.80. The quantitative estimate of drug-likeness (QED) is 0.205. The molecule has 11 heteroatoms. The van der Waals surface area contributed by atoms with Crippen molar-refractivity contribution < 1.29 is 9.53 Å². The number of hydrogen-bond acceptors (Lipinski definition) is 9. The highest BCUT2D eigenvalue weighted by Gasteiger charge is 2.11. The molecule has 2 amide bonds. The Morgan fingerprint density at radius 1 is 1.00 bits per heavy atom. The van der Waals surface area contributed by atoms with E-state index in [0.717, 1.165) is 64.5 Å². The number of nitrogens with one attached hydrogen (secondary N) is 3. The monoisotopic (exact) mass is 548 g/mol. The molecule has 10 nitrogen and oxygen atoms in total. The van der Waals surface area contributed by atoms with Crippen molar-refractivity contribution in [1.82, 2.24) is 24.8 Å². The third-order valence-electron chi connectivity index (χ3n) is 5.82. The van der Waals surface area contributed by atoms with Gasteiger partial charge < -0.3 is 25.2 Å². The molecule has 3 N–H and O–H groups in total. The van der Waals surface area contributed by atoms with Crippen molar-refractivity contribution >= 4 is 44.9 Å². The number of aromatic nitrogens is 3. The van der Waals surface area contributed by atoms with E-state index in [1.54, 1.807) is 12.5 Å². The molecule has 0 fully saturated rings. The first-order valence-corrected chi connectivity index (χ1v) is 13.7. The highest BCUT2D eigenvalue weighted by Crippen LogP contribution is 2.25. The molecule has 0 spiro atoms. The zero-order chi connectivity index (χ0) is 27.6. The standard InChI is InChI=1S/C28H36N8O2S/c1-35(2)14-7-15-38-21-10-11-23-25(16-21)31-19-32-26(23)29-13-12-22-17-30-28(39-22)34-27(37)33-24-9-6-5-8-20(24)18-36(3)4/h5-6,8-11,16-17,19H,7,12-15,18H2,1-4H3,(H,29,31,32)(H2,30,33,34,37). The van der Waals surface area contributed by atoms with E-state index in [1.807, 2.05) is 56.6 Å². The van der Waals surface area contributed by atoms with Gasteiger partial charge in [-0.25, -0.2) is 19.7 Å². The molecule has 39 heavy (non-hydrogen) atoms. The predicted octanol–water partition coefficient (Wildman–Crippen LogP) is 4.78. The Hall–Kier alpha value is -3.80. The fourth-order valence-electron chi connectivity index (χ4n) is 3.99. The molecule has 4 rings (SSSR count). The smallest absolute Gasteiger partial charge is 0.325 e. The summed E-state index contributed by atoms with van der Waals surface area (Å²) in [4.78, 5) is 31.0. The lowest BCUT2D eigenvalue weighted by Gasteiger charge is -2.14. The highest BCUT2D eigenvalue weighted by atomic mass is 32.1. The molecule has 2 heterocycles. The summed E-state index contributed by atoms with van der Waals surface area (Å²) in [5, 5.41) is 10.7. The molecule has 0 atom stereocenters. The number of ether oxygens (including phenoxy) is 1. The zero-order valence-corrected chi connectivity index (χ0v) is 23.7. The molecule has 0 aliphatic rings. The number of benzene rings is 2. The third kappa shape index (κ3) is 8.60. The lowest BCUT2D eigenvalue weighted by atomic mass is 10.1. The maximum Gasteiger partial charge on any atom is 0.325 e. The minimum atomic E-state index is -0.311. The molecule has 4 aromatic rings. The lowest BCUT2D eigenvalue weighted by Crippen LogP contribution is -2.21. The number of carbonyl (C=O) groups is 1. The van der Waals surface area contributed by atoms with Crippen LogP contribution < -0.4 is 20.7 Å². The van der Waals surface area contributed by atoms with Gasteiger partial charge in [-0.3, -0.25) is 5.32 Å². The Morgan fingerprint density at radius 3 is 2.67 bits per heavy atom. The summed E-state index contributed by atoms with van der Waals surface area (Å²) in [5.41, 5.74) is 2.66. The lowest BCUT2D eigenvalue weighted by molar-refractivity contribution is 0.262. The van der Waals surface area contributed by atoms with E-state index in [4.69, 9.17) is 4.74 Å². The predicted molar refractivity (Wildman–Crippen MR) is 159 cm³/mol. The van der Waals surface area contributed by atoms with Crippen LogP contribution in [0, 0.1) is 0 Å². The zero-order valence-electron chi connectivity index (χ0n) is 22.9. The Bertz CT molecular complexity index is 1370. The van der Waals surface area contributed by atoms with Gasteiger partial charge in [-0.15, -0.1) is 11.3 Å². The fraction of sp³-hybridized carbons (Fsp3) is 0.357. The highest BCUT2D eigenvalue weighted by molar-refractivity contribution is 7.15. The second-order valence-electron chi connectivity index (χ2n) is 9.69. The van der Waals surface area contributed by atoms with Crippen LogP contribution in [0.2, 0.25) is 0 Å². The molecule has 0 radical (unpaired) electrons. The van der Waals surface area contributed by atoms with Crippen molar-refractivity contribution in [2.45, 2.75) is 19.4 Å². The van der Waals surface area contributed by atoms with Gasteiger partial charge >= 0.3 is 6.03 Å². The number of thiazole rings is 1. The second kappa shape index (κ2) is 13.8. The van der Waals surface area contributed by atoms with Gasteiger partial charge in [-0.2, -0.15) is 0 Å². The number of anilines is 3. The molecule has 0 unspecified atom stereocenters. The second-order valence-corrected chi connectivity index (χ2v) is 10.8. The first kappa shape index (κ1) is 28.2. The Morgan fingerprint density at radius 2 is 1.85 bits per heavy atom. The maximum absolute atomic E-state index is 12.6. The number of carbonyl (C=O) groups excluding carboxylic acids is 1. The van der Waals surface area contributed by atoms with Crippen LogP contribution in [0.15, 0.2) is 55.0 Å².